The second-order valence-electron chi connectivity index (χ2n) is 5.08. The van der Waals surface area contributed by atoms with Gasteiger partial charge >= 0.3 is 0 Å². The summed E-state index contributed by atoms with van der Waals surface area (Å²) in [5.41, 5.74) is 2.55. The van der Waals surface area contributed by atoms with Crippen molar-refractivity contribution in [2.24, 2.45) is 0 Å². The molecular weight excluding hydrogens is 260 g/mol. The van der Waals surface area contributed by atoms with Crippen molar-refractivity contribution < 1.29 is 9.00 Å². The lowest BCUT2D eigenvalue weighted by atomic mass is 9.95. The summed E-state index contributed by atoms with van der Waals surface area (Å²) in [6.45, 7) is 2.02. The first-order chi connectivity index (χ1) is 9.24. The molecular formula is C14H18N2O2S. The topological polar surface area (TPSA) is 49.4 Å². The third-order valence-electron chi connectivity index (χ3n) is 3.87. The van der Waals surface area contributed by atoms with Gasteiger partial charge in [0.1, 0.15) is 0 Å². The molecule has 1 aromatic carbocycles. The number of carbonyl (C=O) groups excluding carboxylic acids is 1. The summed E-state index contributed by atoms with van der Waals surface area (Å²) in [5, 5.41) is 3.32. The quantitative estimate of drug-likeness (QED) is 0.803. The van der Waals surface area contributed by atoms with Crippen LogP contribution < -0.4 is 5.32 Å². The van der Waals surface area contributed by atoms with E-state index in [0.717, 1.165) is 13.0 Å². The third-order valence-corrected chi connectivity index (χ3v) is 5.14. The Bertz CT molecular complexity index is 508. The summed E-state index contributed by atoms with van der Waals surface area (Å²) < 4.78 is 11.3. The minimum absolute atomic E-state index is 0.124. The molecule has 1 aromatic rings. The molecule has 1 fully saturated rings. The molecule has 1 atom stereocenters. The second kappa shape index (κ2) is 5.43. The van der Waals surface area contributed by atoms with Gasteiger partial charge in [-0.15, -0.1) is 0 Å². The smallest absolute Gasteiger partial charge is 0.240 e. The van der Waals surface area contributed by atoms with Crippen LogP contribution in [0.15, 0.2) is 24.3 Å². The van der Waals surface area contributed by atoms with Crippen molar-refractivity contribution in [2.75, 3.05) is 24.6 Å². The SMILES string of the molecule is O=C(C1Cc2ccccc2CN1)N1CCS(=O)CC1. The number of benzene rings is 1. The second-order valence-corrected chi connectivity index (χ2v) is 6.78. The van der Waals surface area contributed by atoms with Crippen LogP contribution in [0.25, 0.3) is 0 Å². The van der Waals surface area contributed by atoms with Crippen LogP contribution in [0, 0.1) is 0 Å². The zero-order chi connectivity index (χ0) is 13.2. The minimum Gasteiger partial charge on any atom is -0.339 e. The number of hydrogen-bond acceptors (Lipinski definition) is 3. The fourth-order valence-corrected chi connectivity index (χ4v) is 3.76. The van der Waals surface area contributed by atoms with Crippen molar-refractivity contribution in [2.45, 2.75) is 19.0 Å². The minimum atomic E-state index is -0.733. The standard InChI is InChI=1S/C14H18N2O2S/c17-14(16-5-7-19(18)8-6-16)13-9-11-3-1-2-4-12(11)10-15-13/h1-4,13,15H,5-10H2. The molecule has 0 saturated carbocycles. The highest BCUT2D eigenvalue weighted by Crippen LogP contribution is 2.17. The first-order valence-corrected chi connectivity index (χ1v) is 8.17. The van der Waals surface area contributed by atoms with Gasteiger partial charge in [0.05, 0.1) is 6.04 Å². The van der Waals surface area contributed by atoms with Crippen LogP contribution in [0.4, 0.5) is 0 Å². The van der Waals surface area contributed by atoms with Gasteiger partial charge in [-0.25, -0.2) is 0 Å². The van der Waals surface area contributed by atoms with Crippen LogP contribution in [-0.4, -0.2) is 45.7 Å². The van der Waals surface area contributed by atoms with Crippen molar-refractivity contribution in [1.29, 1.82) is 0 Å². The van der Waals surface area contributed by atoms with Gasteiger partial charge in [0.25, 0.3) is 0 Å². The molecule has 4 nitrogen and oxygen atoms in total. The molecule has 1 amide bonds. The predicted octanol–water partition coefficient (Wildman–Crippen LogP) is 0.292. The average Bonchev–Trinajstić information content (AvgIpc) is 2.47. The molecule has 1 unspecified atom stereocenters. The normalized spacial score (nSPS) is 24.0. The molecule has 2 aliphatic heterocycles. The Morgan fingerprint density at radius 2 is 1.89 bits per heavy atom. The van der Waals surface area contributed by atoms with Crippen molar-refractivity contribution >= 4 is 16.7 Å². The molecule has 102 valence electrons. The molecule has 2 aliphatic rings. The first-order valence-electron chi connectivity index (χ1n) is 6.68. The van der Waals surface area contributed by atoms with Gasteiger partial charge in [-0.05, 0) is 17.5 Å². The van der Waals surface area contributed by atoms with E-state index in [4.69, 9.17) is 0 Å². The highest BCUT2D eigenvalue weighted by molar-refractivity contribution is 7.85. The highest BCUT2D eigenvalue weighted by atomic mass is 32.2. The summed E-state index contributed by atoms with van der Waals surface area (Å²) in [6.07, 6.45) is 0.759. The Labute approximate surface area is 115 Å². The maximum Gasteiger partial charge on any atom is 0.240 e. The van der Waals surface area contributed by atoms with E-state index in [1.54, 1.807) is 0 Å². The van der Waals surface area contributed by atoms with Crippen LogP contribution in [0.1, 0.15) is 11.1 Å². The lowest BCUT2D eigenvalue weighted by Gasteiger charge is -2.32. The van der Waals surface area contributed by atoms with Crippen LogP contribution in [-0.2, 0) is 28.6 Å². The van der Waals surface area contributed by atoms with Gasteiger partial charge < -0.3 is 10.2 Å². The zero-order valence-corrected chi connectivity index (χ0v) is 11.6. The van der Waals surface area contributed by atoms with Crippen LogP contribution in [0.3, 0.4) is 0 Å². The molecule has 3 rings (SSSR count). The fourth-order valence-electron chi connectivity index (χ4n) is 2.71. The molecule has 5 heteroatoms. The molecule has 19 heavy (non-hydrogen) atoms. The van der Waals surface area contributed by atoms with Crippen molar-refractivity contribution in [1.82, 2.24) is 10.2 Å². The molecule has 0 bridgehead atoms. The van der Waals surface area contributed by atoms with Gasteiger partial charge in [-0.1, -0.05) is 24.3 Å². The van der Waals surface area contributed by atoms with Crippen LogP contribution in [0.2, 0.25) is 0 Å². The summed E-state index contributed by atoms with van der Waals surface area (Å²) in [4.78, 5) is 14.3. The van der Waals surface area contributed by atoms with E-state index in [9.17, 15) is 9.00 Å². The fraction of sp³-hybridized carbons (Fsp3) is 0.500. The lowest BCUT2D eigenvalue weighted by molar-refractivity contribution is -0.133. The number of nitrogens with one attached hydrogen (secondary N) is 1. The average molecular weight is 278 g/mol. The van der Waals surface area contributed by atoms with Gasteiger partial charge in [0, 0.05) is 41.9 Å². The molecule has 1 saturated heterocycles. The van der Waals surface area contributed by atoms with Crippen LogP contribution >= 0.6 is 0 Å². The molecule has 0 spiro atoms. The summed E-state index contributed by atoms with van der Waals surface area (Å²) >= 11 is 0. The molecule has 0 aromatic heterocycles. The largest absolute Gasteiger partial charge is 0.339 e. The summed E-state index contributed by atoms with van der Waals surface area (Å²) in [5.74, 6) is 1.40. The number of nitrogens with zero attached hydrogens (tertiary/aromatic N) is 1. The van der Waals surface area contributed by atoms with Crippen LogP contribution in [0.5, 0.6) is 0 Å². The van der Waals surface area contributed by atoms with Gasteiger partial charge in [0.15, 0.2) is 0 Å². The third kappa shape index (κ3) is 2.72. The van der Waals surface area contributed by atoms with E-state index in [-0.39, 0.29) is 11.9 Å². The maximum atomic E-state index is 12.4. The molecule has 0 radical (unpaired) electrons. The summed E-state index contributed by atoms with van der Waals surface area (Å²) in [6, 6.07) is 8.13. The first kappa shape index (κ1) is 12.8. The number of amides is 1. The Kier molecular flexibility index (Phi) is 3.66. The van der Waals surface area contributed by atoms with E-state index >= 15 is 0 Å². The van der Waals surface area contributed by atoms with Crippen molar-refractivity contribution in [3.05, 3.63) is 35.4 Å². The Morgan fingerprint density at radius 1 is 1.21 bits per heavy atom. The number of rotatable bonds is 1. The highest BCUT2D eigenvalue weighted by Gasteiger charge is 2.29. The van der Waals surface area contributed by atoms with Gasteiger partial charge in [0.2, 0.25) is 5.91 Å². The van der Waals surface area contributed by atoms with E-state index < -0.39 is 10.8 Å². The van der Waals surface area contributed by atoms with Crippen molar-refractivity contribution in [3.63, 3.8) is 0 Å². The van der Waals surface area contributed by atoms with Gasteiger partial charge in [-0.3, -0.25) is 9.00 Å². The Balaban J connectivity index is 1.67. The lowest BCUT2D eigenvalue weighted by Crippen LogP contribution is -2.52. The number of fused-ring (bicyclic) bond motifs is 1. The van der Waals surface area contributed by atoms with E-state index in [0.29, 0.717) is 24.6 Å². The molecule has 0 aliphatic carbocycles. The van der Waals surface area contributed by atoms with E-state index in [2.05, 4.69) is 17.4 Å². The Morgan fingerprint density at radius 3 is 2.63 bits per heavy atom. The van der Waals surface area contributed by atoms with Gasteiger partial charge in [-0.2, -0.15) is 0 Å². The monoisotopic (exact) mass is 278 g/mol. The van der Waals surface area contributed by atoms with Crippen molar-refractivity contribution in [3.8, 4) is 0 Å². The van der Waals surface area contributed by atoms with E-state index in [1.165, 1.54) is 11.1 Å². The maximum absolute atomic E-state index is 12.4. The number of hydrogen-bond donors (Lipinski definition) is 1. The zero-order valence-electron chi connectivity index (χ0n) is 10.8. The van der Waals surface area contributed by atoms with E-state index in [1.807, 2.05) is 17.0 Å². The number of carbonyl (C=O) groups is 1. The molecule has 2 heterocycles. The Hall–Kier alpha value is -1.20. The predicted molar refractivity (Wildman–Crippen MR) is 75.2 cm³/mol. The molecule has 1 N–H and O–H groups in total. The summed E-state index contributed by atoms with van der Waals surface area (Å²) in [7, 11) is -0.733.